The molecule has 16 heavy (non-hydrogen) atoms. The van der Waals surface area contributed by atoms with E-state index in [2.05, 4.69) is 10.3 Å². The van der Waals surface area contributed by atoms with E-state index in [1.54, 1.807) is 18.3 Å². The second kappa shape index (κ2) is 4.72. The van der Waals surface area contributed by atoms with E-state index in [0.717, 1.165) is 30.7 Å². The van der Waals surface area contributed by atoms with Crippen molar-refractivity contribution in [1.82, 2.24) is 14.7 Å². The molecule has 2 rings (SSSR count). The first-order chi connectivity index (χ1) is 7.72. The highest BCUT2D eigenvalue weighted by atomic mass is 35.5. The number of fused-ring (bicyclic) bond motifs is 1. The van der Waals surface area contributed by atoms with E-state index in [0.29, 0.717) is 5.15 Å². The lowest BCUT2D eigenvalue weighted by Crippen LogP contribution is -2.09. The molecule has 0 aromatic carbocycles. The third-order valence-corrected chi connectivity index (χ3v) is 2.76. The van der Waals surface area contributed by atoms with Gasteiger partial charge in [0.05, 0.1) is 5.52 Å². The van der Waals surface area contributed by atoms with Gasteiger partial charge in [-0.2, -0.15) is 0 Å². The van der Waals surface area contributed by atoms with Crippen molar-refractivity contribution in [2.24, 2.45) is 0 Å². The first kappa shape index (κ1) is 11.2. The van der Waals surface area contributed by atoms with Crippen molar-refractivity contribution in [2.45, 2.75) is 12.8 Å². The molecule has 0 aliphatic carbocycles. The van der Waals surface area contributed by atoms with Crippen molar-refractivity contribution in [1.29, 1.82) is 0 Å². The van der Waals surface area contributed by atoms with E-state index >= 15 is 0 Å². The zero-order valence-corrected chi connectivity index (χ0v) is 9.83. The standard InChI is InChI=1S/C11H14ClN3O/c1-13-5-2-3-10-14-11(12)9-7-8(16)4-6-15(9)10/h4,6-7,13,16H,2-3,5H2,1H3. The van der Waals surface area contributed by atoms with E-state index in [1.807, 2.05) is 11.4 Å². The van der Waals surface area contributed by atoms with Gasteiger partial charge in [0.25, 0.3) is 0 Å². The fraction of sp³-hybridized carbons (Fsp3) is 0.364. The van der Waals surface area contributed by atoms with Gasteiger partial charge in [-0.3, -0.25) is 0 Å². The van der Waals surface area contributed by atoms with Crippen LogP contribution in [0, 0.1) is 0 Å². The lowest BCUT2D eigenvalue weighted by Gasteiger charge is -2.01. The first-order valence-corrected chi connectivity index (χ1v) is 5.60. The molecule has 5 heteroatoms. The number of rotatable bonds is 4. The van der Waals surface area contributed by atoms with Crippen LogP contribution in [0.2, 0.25) is 5.15 Å². The topological polar surface area (TPSA) is 49.6 Å². The summed E-state index contributed by atoms with van der Waals surface area (Å²) in [6.45, 7) is 0.949. The molecule has 86 valence electrons. The molecule has 0 saturated carbocycles. The Kier molecular flexibility index (Phi) is 3.31. The van der Waals surface area contributed by atoms with Crippen LogP contribution in [-0.2, 0) is 6.42 Å². The number of aromatic hydroxyl groups is 1. The number of nitrogens with zero attached hydrogens (tertiary/aromatic N) is 2. The molecular weight excluding hydrogens is 226 g/mol. The minimum Gasteiger partial charge on any atom is -0.508 e. The van der Waals surface area contributed by atoms with Gasteiger partial charge in [0.1, 0.15) is 11.6 Å². The second-order valence-corrected chi connectivity index (χ2v) is 4.02. The number of aromatic nitrogens is 2. The van der Waals surface area contributed by atoms with Gasteiger partial charge >= 0.3 is 0 Å². The maximum absolute atomic E-state index is 9.37. The van der Waals surface area contributed by atoms with E-state index in [-0.39, 0.29) is 5.75 Å². The molecule has 0 atom stereocenters. The quantitative estimate of drug-likeness (QED) is 0.801. The molecule has 0 aliphatic heterocycles. The van der Waals surface area contributed by atoms with Crippen LogP contribution in [0.5, 0.6) is 5.75 Å². The Morgan fingerprint density at radius 2 is 2.38 bits per heavy atom. The molecule has 2 heterocycles. The summed E-state index contributed by atoms with van der Waals surface area (Å²) in [4.78, 5) is 4.29. The second-order valence-electron chi connectivity index (χ2n) is 3.67. The van der Waals surface area contributed by atoms with Crippen molar-refractivity contribution in [3.63, 3.8) is 0 Å². The SMILES string of the molecule is CNCCCc1nc(Cl)c2cc(O)ccn12. The van der Waals surface area contributed by atoms with Crippen LogP contribution < -0.4 is 5.32 Å². The van der Waals surface area contributed by atoms with Gasteiger partial charge in [0.15, 0.2) is 5.15 Å². The molecule has 0 aliphatic rings. The number of nitrogens with one attached hydrogen (secondary N) is 1. The van der Waals surface area contributed by atoms with Gasteiger partial charge in [-0.1, -0.05) is 11.6 Å². The summed E-state index contributed by atoms with van der Waals surface area (Å²) in [6.07, 6.45) is 3.66. The normalized spacial score (nSPS) is 11.1. The van der Waals surface area contributed by atoms with Crippen molar-refractivity contribution in [3.05, 3.63) is 29.3 Å². The number of hydrogen-bond acceptors (Lipinski definition) is 3. The number of pyridine rings is 1. The van der Waals surface area contributed by atoms with E-state index in [9.17, 15) is 5.11 Å². The predicted molar refractivity (Wildman–Crippen MR) is 64.1 cm³/mol. The number of aryl methyl sites for hydroxylation is 1. The van der Waals surface area contributed by atoms with Crippen LogP contribution >= 0.6 is 11.6 Å². The predicted octanol–water partition coefficient (Wildman–Crippen LogP) is 1.85. The molecule has 0 saturated heterocycles. The van der Waals surface area contributed by atoms with Crippen molar-refractivity contribution < 1.29 is 5.11 Å². The highest BCUT2D eigenvalue weighted by molar-refractivity contribution is 6.32. The number of hydrogen-bond donors (Lipinski definition) is 2. The van der Waals surface area contributed by atoms with Crippen molar-refractivity contribution in [2.75, 3.05) is 13.6 Å². The highest BCUT2D eigenvalue weighted by Gasteiger charge is 2.09. The Hall–Kier alpha value is -1.26. The summed E-state index contributed by atoms with van der Waals surface area (Å²) in [5.41, 5.74) is 0.751. The maximum Gasteiger partial charge on any atom is 0.155 e. The van der Waals surface area contributed by atoms with Crippen molar-refractivity contribution >= 4 is 17.1 Å². The molecule has 2 aromatic rings. The number of imidazole rings is 1. The van der Waals surface area contributed by atoms with Crippen LogP contribution in [0.3, 0.4) is 0 Å². The van der Waals surface area contributed by atoms with E-state index in [4.69, 9.17) is 11.6 Å². The smallest absolute Gasteiger partial charge is 0.155 e. The highest BCUT2D eigenvalue weighted by Crippen LogP contribution is 2.22. The molecular formula is C11H14ClN3O. The van der Waals surface area contributed by atoms with Crippen LogP contribution in [0.4, 0.5) is 0 Å². The summed E-state index contributed by atoms with van der Waals surface area (Å²) < 4.78 is 1.91. The maximum atomic E-state index is 9.37. The molecule has 2 aromatic heterocycles. The Balaban J connectivity index is 2.32. The van der Waals surface area contributed by atoms with Crippen molar-refractivity contribution in [3.8, 4) is 5.75 Å². The Morgan fingerprint density at radius 1 is 1.56 bits per heavy atom. The summed E-state index contributed by atoms with van der Waals surface area (Å²) in [7, 11) is 1.93. The number of halogens is 1. The Bertz CT molecular complexity index is 495. The molecule has 0 amide bonds. The minimum absolute atomic E-state index is 0.205. The van der Waals surface area contributed by atoms with Crippen LogP contribution in [0.25, 0.3) is 5.52 Å². The van der Waals surface area contributed by atoms with Gasteiger partial charge in [-0.25, -0.2) is 4.98 Å². The largest absolute Gasteiger partial charge is 0.508 e. The third kappa shape index (κ3) is 2.13. The Labute approximate surface area is 98.9 Å². The summed E-state index contributed by atoms with van der Waals surface area (Å²) in [5, 5.41) is 12.9. The zero-order chi connectivity index (χ0) is 11.5. The Morgan fingerprint density at radius 3 is 3.12 bits per heavy atom. The van der Waals surface area contributed by atoms with Crippen LogP contribution in [0.1, 0.15) is 12.2 Å². The van der Waals surface area contributed by atoms with Crippen LogP contribution in [0.15, 0.2) is 18.3 Å². The lowest BCUT2D eigenvalue weighted by molar-refractivity contribution is 0.475. The van der Waals surface area contributed by atoms with Gasteiger partial charge in [-0.15, -0.1) is 0 Å². The van der Waals surface area contributed by atoms with E-state index in [1.165, 1.54) is 0 Å². The monoisotopic (exact) mass is 239 g/mol. The summed E-state index contributed by atoms with van der Waals surface area (Å²) in [5.74, 6) is 1.13. The molecule has 0 spiro atoms. The molecule has 2 N–H and O–H groups in total. The summed E-state index contributed by atoms with van der Waals surface area (Å²) >= 11 is 6.00. The molecule has 0 fully saturated rings. The zero-order valence-electron chi connectivity index (χ0n) is 9.07. The van der Waals surface area contributed by atoms with E-state index < -0.39 is 0 Å². The molecule has 0 unspecified atom stereocenters. The average Bonchev–Trinajstić information content (AvgIpc) is 2.56. The molecule has 0 radical (unpaired) electrons. The fourth-order valence-corrected chi connectivity index (χ4v) is 1.94. The van der Waals surface area contributed by atoms with Crippen LogP contribution in [-0.4, -0.2) is 28.1 Å². The summed E-state index contributed by atoms with van der Waals surface area (Å²) in [6, 6.07) is 3.25. The van der Waals surface area contributed by atoms with Gasteiger partial charge in [0.2, 0.25) is 0 Å². The molecule has 4 nitrogen and oxygen atoms in total. The lowest BCUT2D eigenvalue weighted by atomic mass is 10.3. The average molecular weight is 240 g/mol. The minimum atomic E-state index is 0.205. The third-order valence-electron chi connectivity index (χ3n) is 2.48. The van der Waals surface area contributed by atoms with Gasteiger partial charge in [-0.05, 0) is 26.1 Å². The van der Waals surface area contributed by atoms with Gasteiger partial charge < -0.3 is 14.8 Å². The van der Waals surface area contributed by atoms with Gasteiger partial charge in [0, 0.05) is 18.7 Å². The molecule has 0 bridgehead atoms. The first-order valence-electron chi connectivity index (χ1n) is 5.22. The fourth-order valence-electron chi connectivity index (χ4n) is 1.70.